The normalized spacial score (nSPS) is 13.6. The van der Waals surface area contributed by atoms with E-state index in [0.717, 1.165) is 16.9 Å². The second-order valence-corrected chi connectivity index (χ2v) is 7.01. The third-order valence-corrected chi connectivity index (χ3v) is 4.91. The standard InChI is InChI=1S/C24H19NO6/c1-15-10-19(30-14-17-7-3-4-9-20(17)29-2)13-21-23(15)24(26)22(31-21)12-16-6-5-8-18(11-16)25(27)28/h3-13H,14H2,1-2H3/b22-12-. The molecule has 0 N–H and O–H groups in total. The number of ketones is 1. The molecule has 0 bridgehead atoms. The van der Waals surface area contributed by atoms with E-state index in [2.05, 4.69) is 0 Å². The van der Waals surface area contributed by atoms with Crippen molar-refractivity contribution in [3.05, 3.63) is 98.8 Å². The lowest BCUT2D eigenvalue weighted by Gasteiger charge is -2.11. The molecule has 3 aromatic rings. The van der Waals surface area contributed by atoms with Gasteiger partial charge in [-0.2, -0.15) is 0 Å². The summed E-state index contributed by atoms with van der Waals surface area (Å²) < 4.78 is 17.0. The second-order valence-electron chi connectivity index (χ2n) is 7.01. The molecule has 3 aromatic carbocycles. The Kier molecular flexibility index (Phi) is 5.41. The Morgan fingerprint density at radius 3 is 2.68 bits per heavy atom. The van der Waals surface area contributed by atoms with Crippen molar-refractivity contribution in [2.45, 2.75) is 13.5 Å². The van der Waals surface area contributed by atoms with Crippen LogP contribution in [0.15, 0.2) is 66.4 Å². The molecule has 0 aliphatic carbocycles. The molecule has 7 heteroatoms. The first-order valence-electron chi connectivity index (χ1n) is 9.54. The Morgan fingerprint density at radius 1 is 1.10 bits per heavy atom. The van der Waals surface area contributed by atoms with E-state index in [4.69, 9.17) is 14.2 Å². The zero-order chi connectivity index (χ0) is 22.0. The number of allylic oxidation sites excluding steroid dienone is 1. The number of aryl methyl sites for hydroxylation is 1. The number of fused-ring (bicyclic) bond motifs is 1. The molecule has 0 radical (unpaired) electrons. The molecule has 0 saturated carbocycles. The van der Waals surface area contributed by atoms with Crippen LogP contribution >= 0.6 is 0 Å². The monoisotopic (exact) mass is 417 g/mol. The lowest BCUT2D eigenvalue weighted by molar-refractivity contribution is -0.384. The third kappa shape index (κ3) is 4.11. The summed E-state index contributed by atoms with van der Waals surface area (Å²) in [5.41, 5.74) is 2.53. The van der Waals surface area contributed by atoms with Crippen LogP contribution in [0, 0.1) is 17.0 Å². The number of methoxy groups -OCH3 is 1. The van der Waals surface area contributed by atoms with Crippen LogP contribution in [0.2, 0.25) is 0 Å². The third-order valence-electron chi connectivity index (χ3n) is 4.91. The fraction of sp³-hybridized carbons (Fsp3) is 0.125. The predicted molar refractivity (Wildman–Crippen MR) is 115 cm³/mol. The largest absolute Gasteiger partial charge is 0.496 e. The van der Waals surface area contributed by atoms with E-state index in [1.54, 1.807) is 31.4 Å². The fourth-order valence-corrected chi connectivity index (χ4v) is 3.42. The number of nitrogens with zero attached hydrogens (tertiary/aromatic N) is 1. The Hall–Kier alpha value is -4.13. The van der Waals surface area contributed by atoms with Crippen LogP contribution in [0.4, 0.5) is 5.69 Å². The number of rotatable bonds is 6. The van der Waals surface area contributed by atoms with Gasteiger partial charge >= 0.3 is 0 Å². The van der Waals surface area contributed by atoms with Crippen LogP contribution in [-0.2, 0) is 6.61 Å². The fourth-order valence-electron chi connectivity index (χ4n) is 3.42. The summed E-state index contributed by atoms with van der Waals surface area (Å²) in [4.78, 5) is 23.3. The average Bonchev–Trinajstić information content (AvgIpc) is 3.08. The average molecular weight is 417 g/mol. The van der Waals surface area contributed by atoms with Crippen molar-refractivity contribution in [3.8, 4) is 17.2 Å². The van der Waals surface area contributed by atoms with Crippen LogP contribution in [0.1, 0.15) is 27.0 Å². The van der Waals surface area contributed by atoms with Crippen molar-refractivity contribution >= 4 is 17.5 Å². The lowest BCUT2D eigenvalue weighted by atomic mass is 10.0. The van der Waals surface area contributed by atoms with E-state index in [9.17, 15) is 14.9 Å². The summed E-state index contributed by atoms with van der Waals surface area (Å²) in [5, 5.41) is 11.0. The molecule has 1 aliphatic rings. The molecule has 0 unspecified atom stereocenters. The van der Waals surface area contributed by atoms with Gasteiger partial charge in [-0.15, -0.1) is 0 Å². The number of ether oxygens (including phenoxy) is 3. The van der Waals surface area contributed by atoms with Crippen molar-refractivity contribution < 1.29 is 23.9 Å². The number of carbonyl (C=O) groups is 1. The smallest absolute Gasteiger partial charge is 0.270 e. The van der Waals surface area contributed by atoms with Crippen LogP contribution in [-0.4, -0.2) is 17.8 Å². The summed E-state index contributed by atoms with van der Waals surface area (Å²) in [5.74, 6) is 1.54. The van der Waals surface area contributed by atoms with Crippen LogP contribution < -0.4 is 14.2 Å². The van der Waals surface area contributed by atoms with E-state index in [-0.39, 0.29) is 17.2 Å². The molecule has 0 saturated heterocycles. The van der Waals surface area contributed by atoms with E-state index in [1.165, 1.54) is 18.2 Å². The van der Waals surface area contributed by atoms with E-state index < -0.39 is 4.92 Å². The topological polar surface area (TPSA) is 87.9 Å². The summed E-state index contributed by atoms with van der Waals surface area (Å²) in [6.45, 7) is 2.11. The second kappa shape index (κ2) is 8.31. The molecule has 0 spiro atoms. The molecular formula is C24H19NO6. The highest BCUT2D eigenvalue weighted by Crippen LogP contribution is 2.38. The first-order chi connectivity index (χ1) is 15.0. The molecule has 156 valence electrons. The summed E-state index contributed by atoms with van der Waals surface area (Å²) in [6, 6.07) is 17.0. The Labute approximate surface area is 178 Å². The molecule has 1 aliphatic heterocycles. The molecule has 31 heavy (non-hydrogen) atoms. The first-order valence-corrected chi connectivity index (χ1v) is 9.54. The Balaban J connectivity index is 1.58. The van der Waals surface area contributed by atoms with Crippen molar-refractivity contribution in [1.29, 1.82) is 0 Å². The molecule has 1 heterocycles. The summed E-state index contributed by atoms with van der Waals surface area (Å²) >= 11 is 0. The molecule has 7 nitrogen and oxygen atoms in total. The summed E-state index contributed by atoms with van der Waals surface area (Å²) in [6.07, 6.45) is 1.50. The highest BCUT2D eigenvalue weighted by Gasteiger charge is 2.30. The minimum Gasteiger partial charge on any atom is -0.496 e. The Morgan fingerprint density at radius 2 is 1.90 bits per heavy atom. The van der Waals surface area contributed by atoms with Crippen LogP contribution in [0.3, 0.4) is 0 Å². The van der Waals surface area contributed by atoms with E-state index in [1.807, 2.05) is 31.2 Å². The highest BCUT2D eigenvalue weighted by atomic mass is 16.6. The molecule has 0 atom stereocenters. The SMILES string of the molecule is COc1ccccc1COc1cc(C)c2c(c1)O/C(=C\c1cccc([N+](=O)[O-])c1)C2=O. The van der Waals surface area contributed by atoms with Gasteiger partial charge in [0.25, 0.3) is 5.69 Å². The predicted octanol–water partition coefficient (Wildman–Crippen LogP) is 5.11. The van der Waals surface area contributed by atoms with Crippen molar-refractivity contribution in [3.63, 3.8) is 0 Å². The Bertz CT molecular complexity index is 1210. The maximum Gasteiger partial charge on any atom is 0.270 e. The first kappa shape index (κ1) is 20.2. The van der Waals surface area contributed by atoms with Crippen LogP contribution in [0.5, 0.6) is 17.2 Å². The highest BCUT2D eigenvalue weighted by molar-refractivity contribution is 6.15. The minimum absolute atomic E-state index is 0.0551. The van der Waals surface area contributed by atoms with Gasteiger partial charge in [0.15, 0.2) is 5.76 Å². The van der Waals surface area contributed by atoms with Gasteiger partial charge in [-0.1, -0.05) is 30.3 Å². The minimum atomic E-state index is -0.483. The van der Waals surface area contributed by atoms with Crippen LogP contribution in [0.25, 0.3) is 6.08 Å². The molecule has 0 fully saturated rings. The number of hydrogen-bond acceptors (Lipinski definition) is 6. The van der Waals surface area contributed by atoms with Gasteiger partial charge in [-0.3, -0.25) is 14.9 Å². The van der Waals surface area contributed by atoms with Crippen molar-refractivity contribution in [2.75, 3.05) is 7.11 Å². The number of benzene rings is 3. The molecule has 0 amide bonds. The number of non-ortho nitro benzene ring substituents is 1. The van der Waals surface area contributed by atoms with E-state index in [0.29, 0.717) is 29.2 Å². The lowest BCUT2D eigenvalue weighted by Crippen LogP contribution is -2.00. The summed E-state index contributed by atoms with van der Waals surface area (Å²) in [7, 11) is 1.60. The van der Waals surface area contributed by atoms with Gasteiger partial charge < -0.3 is 14.2 Å². The van der Waals surface area contributed by atoms with Gasteiger partial charge in [0.2, 0.25) is 5.78 Å². The number of nitro groups is 1. The van der Waals surface area contributed by atoms with Gasteiger partial charge in [-0.05, 0) is 36.3 Å². The number of Topliss-reactive ketones (excluding diaryl/α,β-unsaturated/α-hetero) is 1. The zero-order valence-corrected chi connectivity index (χ0v) is 17.0. The quantitative estimate of drug-likeness (QED) is 0.315. The number of hydrogen-bond donors (Lipinski definition) is 0. The van der Waals surface area contributed by atoms with Gasteiger partial charge in [0.05, 0.1) is 17.6 Å². The van der Waals surface area contributed by atoms with Gasteiger partial charge in [0.1, 0.15) is 23.9 Å². The zero-order valence-electron chi connectivity index (χ0n) is 17.0. The number of para-hydroxylation sites is 1. The number of carbonyl (C=O) groups excluding carboxylic acids is 1. The molecule has 4 rings (SSSR count). The molecular weight excluding hydrogens is 398 g/mol. The van der Waals surface area contributed by atoms with Crippen molar-refractivity contribution in [1.82, 2.24) is 0 Å². The van der Waals surface area contributed by atoms with Gasteiger partial charge in [0, 0.05) is 23.8 Å². The molecule has 0 aromatic heterocycles. The van der Waals surface area contributed by atoms with E-state index >= 15 is 0 Å². The van der Waals surface area contributed by atoms with Crippen molar-refractivity contribution in [2.24, 2.45) is 0 Å². The number of nitro benzene ring substituents is 1. The maximum absolute atomic E-state index is 12.8. The van der Waals surface area contributed by atoms with Gasteiger partial charge in [-0.25, -0.2) is 0 Å². The maximum atomic E-state index is 12.8.